The van der Waals surface area contributed by atoms with Crippen LogP contribution in [0.4, 0.5) is 0 Å². The zero-order chi connectivity index (χ0) is 21.2. The van der Waals surface area contributed by atoms with E-state index in [0.29, 0.717) is 0 Å². The topological polar surface area (TPSA) is 0 Å². The van der Waals surface area contributed by atoms with Crippen LogP contribution < -0.4 is 10.4 Å². The van der Waals surface area contributed by atoms with Crippen LogP contribution in [-0.4, -0.2) is 0 Å². The van der Waals surface area contributed by atoms with Gasteiger partial charge in [0.25, 0.3) is 0 Å². The third-order valence-corrected chi connectivity index (χ3v) is 5.22. The summed E-state index contributed by atoms with van der Waals surface area (Å²) < 4.78 is 0. The molecule has 0 fully saturated rings. The molecule has 0 atom stereocenters. The molecule has 152 valence electrons. The van der Waals surface area contributed by atoms with Gasteiger partial charge in [0.15, 0.2) is 0 Å². The fourth-order valence-corrected chi connectivity index (χ4v) is 4.09. The van der Waals surface area contributed by atoms with Crippen LogP contribution in [0.2, 0.25) is 0 Å². The van der Waals surface area contributed by atoms with Gasteiger partial charge in [-0.15, -0.1) is 0 Å². The Bertz CT molecular complexity index is 1070. The Morgan fingerprint density at radius 2 is 1.52 bits per heavy atom. The van der Waals surface area contributed by atoms with E-state index in [1.807, 2.05) is 27.7 Å². The molecular weight excluding hydrogens is 348 g/mol. The van der Waals surface area contributed by atoms with Crippen LogP contribution in [0.5, 0.6) is 0 Å². The summed E-state index contributed by atoms with van der Waals surface area (Å²) in [4.78, 5) is 0. The van der Waals surface area contributed by atoms with Crippen molar-refractivity contribution >= 4 is 29.0 Å². The van der Waals surface area contributed by atoms with Crippen LogP contribution in [-0.2, 0) is 6.42 Å². The molecule has 2 aromatic rings. The van der Waals surface area contributed by atoms with Crippen LogP contribution in [0.1, 0.15) is 65.5 Å². The van der Waals surface area contributed by atoms with Crippen LogP contribution >= 0.6 is 0 Å². The van der Waals surface area contributed by atoms with Crippen molar-refractivity contribution < 1.29 is 0 Å². The maximum absolute atomic E-state index is 2.44. The molecular formula is C29H36. The number of fused-ring (bicyclic) bond motifs is 6. The summed E-state index contributed by atoms with van der Waals surface area (Å²) in [6.45, 7) is 12.2. The van der Waals surface area contributed by atoms with E-state index >= 15 is 0 Å². The molecule has 0 N–H and O–H groups in total. The van der Waals surface area contributed by atoms with Gasteiger partial charge in [-0.2, -0.15) is 0 Å². The maximum Gasteiger partial charge on any atom is -0.00819 e. The van der Waals surface area contributed by atoms with Gasteiger partial charge in [-0.05, 0) is 82.7 Å². The largest absolute Gasteiger partial charge is 0.0871 e. The quantitative estimate of drug-likeness (QED) is 0.478. The van der Waals surface area contributed by atoms with Crippen LogP contribution in [0.15, 0.2) is 65.8 Å². The lowest BCUT2D eigenvalue weighted by Crippen LogP contribution is -2.32. The van der Waals surface area contributed by atoms with Gasteiger partial charge in [0.2, 0.25) is 0 Å². The van der Waals surface area contributed by atoms with Gasteiger partial charge in [0.1, 0.15) is 0 Å². The highest BCUT2D eigenvalue weighted by Gasteiger charge is 2.14. The van der Waals surface area contributed by atoms with Crippen molar-refractivity contribution in [2.24, 2.45) is 0 Å². The summed E-state index contributed by atoms with van der Waals surface area (Å²) in [5, 5.41) is 5.65. The molecule has 0 spiro atoms. The van der Waals surface area contributed by atoms with Gasteiger partial charge in [-0.25, -0.2) is 0 Å². The van der Waals surface area contributed by atoms with Crippen LogP contribution in [0, 0.1) is 0 Å². The highest BCUT2D eigenvalue weighted by Crippen LogP contribution is 2.27. The highest BCUT2D eigenvalue weighted by atomic mass is 14.2. The van der Waals surface area contributed by atoms with E-state index in [-0.39, 0.29) is 0 Å². The molecule has 0 heterocycles. The molecule has 0 unspecified atom stereocenters. The molecule has 0 heteroatoms. The Morgan fingerprint density at radius 3 is 2.17 bits per heavy atom. The van der Waals surface area contributed by atoms with Crippen molar-refractivity contribution in [3.05, 3.63) is 87.4 Å². The standard InChI is InChI=1S/C25H24.2C2H6/c1-3-10-18(4-2)19-11-9-16-24-22-14-6-5-12-20(22)21-13-7-8-15-23(21)25(24)17-19;2*1-2/h3-4,7-15,17H,5-6,16H2,1-2H3;2*1-2H3/b10-3-,18-4+;;. The molecule has 0 amide bonds. The van der Waals surface area contributed by atoms with Gasteiger partial charge in [0, 0.05) is 0 Å². The Labute approximate surface area is 177 Å². The molecule has 29 heavy (non-hydrogen) atoms. The SMILES string of the molecule is C/C=C\C(=C/C)C1=Cc2c(c3c(c4ccccc24)=CCCC=3)CC=C1.CC.CC. The molecule has 0 nitrogen and oxygen atoms in total. The average molecular weight is 385 g/mol. The Kier molecular flexibility index (Phi) is 8.93. The van der Waals surface area contributed by atoms with E-state index in [2.05, 4.69) is 86.7 Å². The first-order valence-electron chi connectivity index (χ1n) is 11.2. The lowest BCUT2D eigenvalue weighted by Gasteiger charge is -2.14. The molecule has 0 radical (unpaired) electrons. The normalized spacial score (nSPS) is 14.8. The molecule has 2 aliphatic rings. The molecule has 0 aliphatic heterocycles. The van der Waals surface area contributed by atoms with Crippen molar-refractivity contribution in [3.63, 3.8) is 0 Å². The fraction of sp³-hybridized carbons (Fsp3) is 0.310. The molecule has 0 saturated carbocycles. The predicted molar refractivity (Wildman–Crippen MR) is 133 cm³/mol. The second kappa shape index (κ2) is 11.4. The average Bonchev–Trinajstić information content (AvgIpc) is 3.04. The molecule has 0 bridgehead atoms. The van der Waals surface area contributed by atoms with E-state index in [1.165, 1.54) is 43.5 Å². The van der Waals surface area contributed by atoms with E-state index in [0.717, 1.165) is 19.3 Å². The van der Waals surface area contributed by atoms with E-state index in [1.54, 1.807) is 0 Å². The van der Waals surface area contributed by atoms with Crippen molar-refractivity contribution in [3.8, 4) is 0 Å². The van der Waals surface area contributed by atoms with Crippen molar-refractivity contribution in [2.75, 3.05) is 0 Å². The summed E-state index contributed by atoms with van der Waals surface area (Å²) in [6.07, 6.45) is 21.7. The third-order valence-electron chi connectivity index (χ3n) is 5.22. The van der Waals surface area contributed by atoms with Gasteiger partial charge in [-0.1, -0.05) is 94.5 Å². The fourth-order valence-electron chi connectivity index (χ4n) is 4.09. The summed E-state index contributed by atoms with van der Waals surface area (Å²) in [7, 11) is 0. The zero-order valence-electron chi connectivity index (χ0n) is 19.0. The Hall–Kier alpha value is -2.60. The first-order chi connectivity index (χ1) is 14.3. The van der Waals surface area contributed by atoms with Gasteiger partial charge < -0.3 is 0 Å². The lowest BCUT2D eigenvalue weighted by atomic mass is 9.90. The minimum absolute atomic E-state index is 1.000. The molecule has 0 saturated heterocycles. The van der Waals surface area contributed by atoms with E-state index < -0.39 is 0 Å². The summed E-state index contributed by atoms with van der Waals surface area (Å²) in [5.74, 6) is 0. The molecule has 2 aliphatic carbocycles. The number of benzene rings is 2. The first kappa shape index (κ1) is 22.7. The van der Waals surface area contributed by atoms with Crippen molar-refractivity contribution in [1.82, 2.24) is 0 Å². The molecule has 2 aromatic carbocycles. The second-order valence-electron chi connectivity index (χ2n) is 6.70. The molecule has 0 aromatic heterocycles. The number of allylic oxidation sites excluding steroid dienone is 7. The Morgan fingerprint density at radius 1 is 0.862 bits per heavy atom. The summed E-state index contributed by atoms with van der Waals surface area (Å²) in [5.41, 5.74) is 5.45. The first-order valence-corrected chi connectivity index (χ1v) is 11.2. The number of rotatable bonds is 2. The summed E-state index contributed by atoms with van der Waals surface area (Å²) in [6, 6.07) is 8.88. The number of hydrogen-bond acceptors (Lipinski definition) is 0. The van der Waals surface area contributed by atoms with E-state index in [4.69, 9.17) is 0 Å². The third kappa shape index (κ3) is 4.70. The van der Waals surface area contributed by atoms with Crippen LogP contribution in [0.3, 0.4) is 0 Å². The zero-order valence-corrected chi connectivity index (χ0v) is 19.0. The Balaban J connectivity index is 0.000000707. The minimum Gasteiger partial charge on any atom is -0.0871 e. The van der Waals surface area contributed by atoms with Gasteiger partial charge >= 0.3 is 0 Å². The van der Waals surface area contributed by atoms with Gasteiger partial charge in [-0.3, -0.25) is 0 Å². The molecule has 4 rings (SSSR count). The van der Waals surface area contributed by atoms with Crippen LogP contribution in [0.25, 0.3) is 29.0 Å². The smallest absolute Gasteiger partial charge is 0.00819 e. The lowest BCUT2D eigenvalue weighted by molar-refractivity contribution is 1.10. The second-order valence-corrected chi connectivity index (χ2v) is 6.70. The van der Waals surface area contributed by atoms with Crippen molar-refractivity contribution in [2.45, 2.75) is 60.8 Å². The maximum atomic E-state index is 2.44. The predicted octanol–water partition coefficient (Wildman–Crippen LogP) is 7.27. The minimum atomic E-state index is 1.000. The number of hydrogen-bond donors (Lipinski definition) is 0. The van der Waals surface area contributed by atoms with Gasteiger partial charge in [0.05, 0.1) is 0 Å². The van der Waals surface area contributed by atoms with E-state index in [9.17, 15) is 0 Å². The monoisotopic (exact) mass is 384 g/mol. The summed E-state index contributed by atoms with van der Waals surface area (Å²) >= 11 is 0. The van der Waals surface area contributed by atoms with Crippen molar-refractivity contribution in [1.29, 1.82) is 0 Å². The highest BCUT2D eigenvalue weighted by molar-refractivity contribution is 5.94.